The van der Waals surface area contributed by atoms with Crippen molar-refractivity contribution in [1.29, 1.82) is 0 Å². The average molecular weight is 442 g/mol. The minimum Gasteiger partial charge on any atom is -0.495 e. The molecule has 0 heterocycles. The van der Waals surface area contributed by atoms with E-state index in [2.05, 4.69) is 41.4 Å². The molecule has 1 aliphatic rings. The summed E-state index contributed by atoms with van der Waals surface area (Å²) in [5, 5.41) is 13.6. The van der Waals surface area contributed by atoms with Crippen molar-refractivity contribution in [2.75, 3.05) is 20.3 Å². The van der Waals surface area contributed by atoms with Crippen LogP contribution in [0.5, 0.6) is 5.75 Å². The topological polar surface area (TPSA) is 90.7 Å². The number of carbonyl (C=O) groups excluding carboxylic acids is 1. The molecule has 7 heteroatoms. The van der Waals surface area contributed by atoms with Gasteiger partial charge in [0, 0.05) is 24.9 Å². The molecule has 0 spiro atoms. The number of amides is 1. The van der Waals surface area contributed by atoms with Gasteiger partial charge < -0.3 is 14.8 Å². The highest BCUT2D eigenvalue weighted by atomic mass is 16.6. The van der Waals surface area contributed by atoms with Crippen LogP contribution < -0.4 is 10.1 Å². The second-order valence-corrected chi connectivity index (χ2v) is 7.45. The fraction of sp³-hybridized carbons (Fsp3) is 0.192. The maximum Gasteiger partial charge on any atom is 0.407 e. The molecule has 166 valence electrons. The predicted octanol–water partition coefficient (Wildman–Crippen LogP) is 4.88. The molecule has 0 aliphatic heterocycles. The third-order valence-corrected chi connectivity index (χ3v) is 5.48. The maximum absolute atomic E-state index is 12.2. The zero-order chi connectivity index (χ0) is 23.2. The molecule has 0 saturated carbocycles. The number of non-ortho nitro benzene ring substituents is 1. The van der Waals surface area contributed by atoms with Crippen LogP contribution in [0, 0.1) is 22.0 Å². The fourth-order valence-corrected chi connectivity index (χ4v) is 3.93. The Labute approximate surface area is 191 Å². The molecule has 0 bridgehead atoms. The molecule has 0 unspecified atom stereocenters. The van der Waals surface area contributed by atoms with E-state index in [1.54, 1.807) is 6.07 Å². The van der Waals surface area contributed by atoms with Gasteiger partial charge >= 0.3 is 6.09 Å². The minimum atomic E-state index is -0.494. The third-order valence-electron chi connectivity index (χ3n) is 5.48. The lowest BCUT2D eigenvalue weighted by Crippen LogP contribution is -2.26. The standard InChI is InChI=1S/C26H22N2O5/c1-32-25-16-19(28(30)31)14-13-18(25)8-6-7-15-27-26(29)33-17-24-22-11-4-2-9-20(22)21-10-3-5-12-23(21)24/h2-5,9-14,16,24H,7,15,17H2,1H3,(H,27,29). The van der Waals surface area contributed by atoms with Gasteiger partial charge in [-0.05, 0) is 28.3 Å². The summed E-state index contributed by atoms with van der Waals surface area (Å²) in [4.78, 5) is 22.6. The quantitative estimate of drug-likeness (QED) is 0.254. The van der Waals surface area contributed by atoms with E-state index in [1.807, 2.05) is 24.3 Å². The molecule has 4 rings (SSSR count). The lowest BCUT2D eigenvalue weighted by Gasteiger charge is -2.14. The normalized spacial score (nSPS) is 11.5. The van der Waals surface area contributed by atoms with Crippen LogP contribution in [0.1, 0.15) is 29.0 Å². The van der Waals surface area contributed by atoms with Crippen LogP contribution in [-0.2, 0) is 4.74 Å². The van der Waals surface area contributed by atoms with Gasteiger partial charge in [-0.3, -0.25) is 10.1 Å². The SMILES string of the molecule is COc1cc([N+](=O)[O-])ccc1C#CCCNC(=O)OCC1c2ccccc2-c2ccccc21. The van der Waals surface area contributed by atoms with Crippen molar-refractivity contribution in [3.8, 4) is 28.7 Å². The third kappa shape index (κ3) is 4.80. The van der Waals surface area contributed by atoms with Crippen molar-refractivity contribution in [1.82, 2.24) is 5.32 Å². The van der Waals surface area contributed by atoms with Crippen LogP contribution in [0.4, 0.5) is 10.5 Å². The van der Waals surface area contributed by atoms with Gasteiger partial charge in [0.1, 0.15) is 12.4 Å². The molecule has 3 aromatic carbocycles. The molecule has 0 aromatic heterocycles. The number of fused-ring (bicyclic) bond motifs is 3. The van der Waals surface area contributed by atoms with Crippen molar-refractivity contribution < 1.29 is 19.2 Å². The first-order chi connectivity index (χ1) is 16.1. The highest BCUT2D eigenvalue weighted by Gasteiger charge is 2.28. The van der Waals surface area contributed by atoms with Gasteiger partial charge in [0.25, 0.3) is 5.69 Å². The number of carbonyl (C=O) groups is 1. The fourth-order valence-electron chi connectivity index (χ4n) is 3.93. The number of ether oxygens (including phenoxy) is 2. The number of nitro groups is 1. The summed E-state index contributed by atoms with van der Waals surface area (Å²) in [6.07, 6.45) is -0.101. The van der Waals surface area contributed by atoms with Crippen molar-refractivity contribution in [2.24, 2.45) is 0 Å². The van der Waals surface area contributed by atoms with Gasteiger partial charge in [-0.1, -0.05) is 60.4 Å². The van der Waals surface area contributed by atoms with Crippen molar-refractivity contribution in [3.05, 3.63) is 93.5 Å². The van der Waals surface area contributed by atoms with Crippen molar-refractivity contribution >= 4 is 11.8 Å². The molecular formula is C26H22N2O5. The van der Waals surface area contributed by atoms with Crippen LogP contribution >= 0.6 is 0 Å². The number of alkyl carbamates (subject to hydrolysis) is 1. The second kappa shape index (κ2) is 9.88. The number of nitrogens with zero attached hydrogens (tertiary/aromatic N) is 1. The first-order valence-corrected chi connectivity index (χ1v) is 10.5. The highest BCUT2D eigenvalue weighted by molar-refractivity contribution is 5.79. The highest BCUT2D eigenvalue weighted by Crippen LogP contribution is 2.44. The molecule has 7 nitrogen and oxygen atoms in total. The summed E-state index contributed by atoms with van der Waals surface area (Å²) < 4.78 is 10.7. The van der Waals surface area contributed by atoms with Crippen LogP contribution in [0.25, 0.3) is 11.1 Å². The Kier molecular flexibility index (Phi) is 6.56. The Morgan fingerprint density at radius 1 is 1.06 bits per heavy atom. The molecule has 0 fully saturated rings. The zero-order valence-corrected chi connectivity index (χ0v) is 18.0. The van der Waals surface area contributed by atoms with Gasteiger partial charge in [-0.15, -0.1) is 0 Å². The first-order valence-electron chi connectivity index (χ1n) is 10.5. The number of nitrogens with one attached hydrogen (secondary N) is 1. The minimum absolute atomic E-state index is 0.0116. The smallest absolute Gasteiger partial charge is 0.407 e. The molecule has 1 aliphatic carbocycles. The molecule has 0 saturated heterocycles. The lowest BCUT2D eigenvalue weighted by atomic mass is 9.98. The van der Waals surface area contributed by atoms with Crippen LogP contribution in [-0.4, -0.2) is 31.3 Å². The van der Waals surface area contributed by atoms with E-state index in [1.165, 1.54) is 30.4 Å². The second-order valence-electron chi connectivity index (χ2n) is 7.45. The van der Waals surface area contributed by atoms with Crippen LogP contribution in [0.15, 0.2) is 66.7 Å². The Balaban J connectivity index is 1.29. The number of methoxy groups -OCH3 is 1. The summed E-state index contributed by atoms with van der Waals surface area (Å²) in [5.41, 5.74) is 5.17. The van der Waals surface area contributed by atoms with E-state index >= 15 is 0 Å². The number of hydrogen-bond donors (Lipinski definition) is 1. The number of benzene rings is 3. The lowest BCUT2D eigenvalue weighted by molar-refractivity contribution is -0.384. The van der Waals surface area contributed by atoms with Crippen molar-refractivity contribution in [2.45, 2.75) is 12.3 Å². The molecule has 1 amide bonds. The zero-order valence-electron chi connectivity index (χ0n) is 18.0. The number of nitro benzene ring substituents is 1. The van der Waals surface area contributed by atoms with Crippen LogP contribution in [0.2, 0.25) is 0 Å². The first kappa shape index (κ1) is 21.9. The maximum atomic E-state index is 12.2. The van der Waals surface area contributed by atoms with Gasteiger partial charge in [0.05, 0.1) is 23.7 Å². The van der Waals surface area contributed by atoms with Gasteiger partial charge in [-0.2, -0.15) is 0 Å². The Hall–Kier alpha value is -4.31. The van der Waals surface area contributed by atoms with Gasteiger partial charge in [-0.25, -0.2) is 4.79 Å². The molecule has 0 atom stereocenters. The molecule has 3 aromatic rings. The van der Waals surface area contributed by atoms with Crippen molar-refractivity contribution in [3.63, 3.8) is 0 Å². The summed E-state index contributed by atoms with van der Waals surface area (Å²) in [5.74, 6) is 6.19. The van der Waals surface area contributed by atoms with Crippen LogP contribution in [0.3, 0.4) is 0 Å². The predicted molar refractivity (Wildman–Crippen MR) is 124 cm³/mol. The molecule has 1 N–H and O–H groups in total. The van der Waals surface area contributed by atoms with E-state index in [9.17, 15) is 14.9 Å². The van der Waals surface area contributed by atoms with Gasteiger partial charge in [0.15, 0.2) is 0 Å². The molecular weight excluding hydrogens is 420 g/mol. The largest absolute Gasteiger partial charge is 0.495 e. The summed E-state index contributed by atoms with van der Waals surface area (Å²) in [6.45, 7) is 0.574. The van der Waals surface area contributed by atoms with E-state index in [-0.39, 0.29) is 18.2 Å². The molecule has 33 heavy (non-hydrogen) atoms. The summed E-state index contributed by atoms with van der Waals surface area (Å²) >= 11 is 0. The summed E-state index contributed by atoms with van der Waals surface area (Å²) in [7, 11) is 1.43. The van der Waals surface area contributed by atoms with E-state index in [0.29, 0.717) is 24.3 Å². The Bertz CT molecular complexity index is 1210. The summed E-state index contributed by atoms with van der Waals surface area (Å²) in [6, 6.07) is 20.6. The van der Waals surface area contributed by atoms with E-state index in [0.717, 1.165) is 11.1 Å². The number of hydrogen-bond acceptors (Lipinski definition) is 5. The van der Waals surface area contributed by atoms with E-state index < -0.39 is 11.0 Å². The average Bonchev–Trinajstić information content (AvgIpc) is 3.16. The Morgan fingerprint density at radius 2 is 1.73 bits per heavy atom. The number of rotatable bonds is 6. The molecule has 0 radical (unpaired) electrons. The Morgan fingerprint density at radius 3 is 2.36 bits per heavy atom. The van der Waals surface area contributed by atoms with Gasteiger partial charge in [0.2, 0.25) is 0 Å². The van der Waals surface area contributed by atoms with E-state index in [4.69, 9.17) is 9.47 Å². The monoisotopic (exact) mass is 442 g/mol.